The predicted octanol–water partition coefficient (Wildman–Crippen LogP) is 4.08. The van der Waals surface area contributed by atoms with E-state index in [-0.39, 0.29) is 22.4 Å². The van der Waals surface area contributed by atoms with Crippen LogP contribution < -0.4 is 9.47 Å². The van der Waals surface area contributed by atoms with Gasteiger partial charge in [0.1, 0.15) is 13.1 Å². The zero-order valence-corrected chi connectivity index (χ0v) is 22.7. The summed E-state index contributed by atoms with van der Waals surface area (Å²) in [6, 6.07) is 5.60. The normalized spacial score (nSPS) is 10.9. The molecule has 1 aromatic heterocycles. The molecule has 0 saturated carbocycles. The van der Waals surface area contributed by atoms with E-state index < -0.39 is 101 Å². The van der Waals surface area contributed by atoms with Gasteiger partial charge in [0.05, 0.1) is 6.42 Å². The van der Waals surface area contributed by atoms with Gasteiger partial charge in [0.2, 0.25) is 58.2 Å². The number of carbonyl (C=O) groups is 3. The summed E-state index contributed by atoms with van der Waals surface area (Å²) in [7, 11) is 0. The van der Waals surface area contributed by atoms with Crippen molar-refractivity contribution in [3.05, 3.63) is 94.1 Å². The first-order chi connectivity index (χ1) is 21.7. The fourth-order valence-corrected chi connectivity index (χ4v) is 3.60. The van der Waals surface area contributed by atoms with Crippen LogP contribution in [0.4, 0.5) is 39.5 Å². The summed E-state index contributed by atoms with van der Waals surface area (Å²) in [5.41, 5.74) is 0.616. The zero-order valence-electron chi connectivity index (χ0n) is 22.7. The second-order valence-corrected chi connectivity index (χ2v) is 9.04. The summed E-state index contributed by atoms with van der Waals surface area (Å²) < 4.78 is 131. The maximum atomic E-state index is 14.0. The minimum Gasteiger partial charge on any atom is -0.422 e. The Morgan fingerprint density at radius 3 is 1.72 bits per heavy atom. The van der Waals surface area contributed by atoms with Crippen molar-refractivity contribution in [2.24, 2.45) is 0 Å². The van der Waals surface area contributed by atoms with Gasteiger partial charge in [0.25, 0.3) is 0 Å². The van der Waals surface area contributed by atoms with Gasteiger partial charge >= 0.3 is 11.9 Å². The smallest absolute Gasteiger partial charge is 0.331 e. The van der Waals surface area contributed by atoms with E-state index in [1.807, 2.05) is 0 Å². The number of amides is 1. The molecule has 0 aliphatic rings. The largest absolute Gasteiger partial charge is 0.422 e. The molecule has 0 spiro atoms. The summed E-state index contributed by atoms with van der Waals surface area (Å²) in [5, 5.41) is 15.2. The number of rotatable bonds is 9. The molecule has 0 saturated heterocycles. The fraction of sp³-hybridized carbons (Fsp3) is 0.148. The summed E-state index contributed by atoms with van der Waals surface area (Å²) in [6.45, 7) is -1.20. The molecule has 0 atom stereocenters. The Morgan fingerprint density at radius 1 is 0.652 bits per heavy atom. The lowest BCUT2D eigenvalue weighted by Crippen LogP contribution is -2.42. The number of nitrogens with zero attached hydrogens (tertiary/aromatic N) is 5. The lowest BCUT2D eigenvalue weighted by Gasteiger charge is -2.21. The van der Waals surface area contributed by atoms with Crippen molar-refractivity contribution in [2.45, 2.75) is 13.3 Å². The van der Waals surface area contributed by atoms with Crippen molar-refractivity contribution in [3.63, 3.8) is 0 Å². The van der Waals surface area contributed by atoms with Gasteiger partial charge in [-0.05, 0) is 12.5 Å². The van der Waals surface area contributed by atoms with E-state index in [1.165, 1.54) is 24.3 Å². The van der Waals surface area contributed by atoms with Crippen LogP contribution >= 0.6 is 0 Å². The van der Waals surface area contributed by atoms with Crippen molar-refractivity contribution in [1.29, 1.82) is 0 Å². The molecule has 1 heterocycles. The van der Waals surface area contributed by atoms with Crippen LogP contribution in [0.15, 0.2) is 30.3 Å². The van der Waals surface area contributed by atoms with E-state index in [2.05, 4.69) is 29.9 Å². The Morgan fingerprint density at radius 2 is 1.15 bits per heavy atom. The van der Waals surface area contributed by atoms with Crippen LogP contribution in [0.5, 0.6) is 11.5 Å². The minimum absolute atomic E-state index is 0.0282. The third-order valence-corrected chi connectivity index (χ3v) is 5.82. The van der Waals surface area contributed by atoms with Gasteiger partial charge in [-0.15, -0.1) is 20.4 Å². The average molecular weight is 659 g/mol. The molecule has 19 heteroatoms. The molecule has 240 valence electrons. The van der Waals surface area contributed by atoms with E-state index >= 15 is 0 Å². The van der Waals surface area contributed by atoms with Gasteiger partial charge in [-0.3, -0.25) is 4.79 Å². The Labute approximate surface area is 250 Å². The Balaban J connectivity index is 1.56. The maximum Gasteiger partial charge on any atom is 0.331 e. The van der Waals surface area contributed by atoms with Gasteiger partial charge in [0.15, 0.2) is 23.2 Å². The molecule has 3 aromatic carbocycles. The first kappa shape index (κ1) is 33.3. The molecular weight excluding hydrogens is 645 g/mol. The van der Waals surface area contributed by atoms with Crippen molar-refractivity contribution < 1.29 is 63.4 Å². The van der Waals surface area contributed by atoms with Crippen molar-refractivity contribution in [3.8, 4) is 22.9 Å². The number of esters is 2. The summed E-state index contributed by atoms with van der Waals surface area (Å²) in [5.74, 6) is -28.9. The highest BCUT2D eigenvalue weighted by molar-refractivity contribution is 5.88. The van der Waals surface area contributed by atoms with Gasteiger partial charge in [-0.1, -0.05) is 24.3 Å². The molecule has 0 bridgehead atoms. The van der Waals surface area contributed by atoms with Crippen molar-refractivity contribution in [2.75, 3.05) is 13.1 Å². The SMILES string of the molecule is Cc1nnc(-c2ccc(CC(=O)N(CC(=O)Oc3cc(F)c(F)c(F)c3F)CC(=O)Oc3c(F)c(F)c(F)c(F)c3F)cc2)nn1. The zero-order chi connectivity index (χ0) is 33.9. The molecular formula is C27H14F9N5O5. The highest BCUT2D eigenvalue weighted by Crippen LogP contribution is 2.29. The van der Waals surface area contributed by atoms with E-state index in [9.17, 15) is 53.9 Å². The van der Waals surface area contributed by atoms with Crippen LogP contribution in [0.2, 0.25) is 0 Å². The summed E-state index contributed by atoms with van der Waals surface area (Å²) in [4.78, 5) is 38.3. The van der Waals surface area contributed by atoms with Gasteiger partial charge < -0.3 is 14.4 Å². The molecule has 0 aliphatic heterocycles. The van der Waals surface area contributed by atoms with E-state index in [4.69, 9.17) is 0 Å². The number of ether oxygens (including phenoxy) is 2. The Bertz CT molecular complexity index is 1820. The lowest BCUT2D eigenvalue weighted by atomic mass is 10.1. The monoisotopic (exact) mass is 659 g/mol. The maximum absolute atomic E-state index is 14.0. The molecule has 0 fully saturated rings. The molecule has 0 aliphatic carbocycles. The highest BCUT2D eigenvalue weighted by atomic mass is 19.2. The fourth-order valence-electron chi connectivity index (χ4n) is 3.60. The number of aromatic nitrogens is 4. The highest BCUT2D eigenvalue weighted by Gasteiger charge is 2.31. The van der Waals surface area contributed by atoms with Crippen LogP contribution in [0.3, 0.4) is 0 Å². The number of hydrogen-bond donors (Lipinski definition) is 0. The molecule has 46 heavy (non-hydrogen) atoms. The average Bonchev–Trinajstić information content (AvgIpc) is 3.03. The molecule has 10 nitrogen and oxygen atoms in total. The lowest BCUT2D eigenvalue weighted by molar-refractivity contribution is -0.147. The molecule has 1 amide bonds. The predicted molar refractivity (Wildman–Crippen MR) is 132 cm³/mol. The van der Waals surface area contributed by atoms with Crippen LogP contribution in [-0.4, -0.2) is 56.2 Å². The molecule has 4 aromatic rings. The third kappa shape index (κ3) is 7.19. The molecule has 0 unspecified atom stereocenters. The number of halogens is 9. The first-order valence-corrected chi connectivity index (χ1v) is 12.3. The Kier molecular flexibility index (Phi) is 9.82. The number of aryl methyl sites for hydroxylation is 1. The van der Waals surface area contributed by atoms with Crippen LogP contribution in [-0.2, 0) is 20.8 Å². The minimum atomic E-state index is -2.55. The molecule has 4 rings (SSSR count). The van der Waals surface area contributed by atoms with Crippen LogP contribution in [0.1, 0.15) is 11.4 Å². The summed E-state index contributed by atoms with van der Waals surface area (Å²) in [6.07, 6.45) is -0.622. The van der Waals surface area contributed by atoms with E-state index in [1.54, 1.807) is 6.92 Å². The number of hydrogen-bond acceptors (Lipinski definition) is 9. The van der Waals surface area contributed by atoms with Gasteiger partial charge in [0, 0.05) is 11.6 Å². The standard InChI is InChI=1S/C27H14F9N5O5/c1-10-37-39-27(40-38-10)12-4-2-11(3-5-12)6-15(42)41(8-16(43)45-14-7-13(28)18(29)20(31)19(14)30)9-17(44)46-26-24(35)22(33)21(32)23(34)25(26)36/h2-5,7H,6,8-9H2,1H3. The van der Waals surface area contributed by atoms with Crippen molar-refractivity contribution in [1.82, 2.24) is 25.3 Å². The molecule has 0 N–H and O–H groups in total. The second kappa shape index (κ2) is 13.6. The van der Waals surface area contributed by atoms with Gasteiger partial charge in [-0.25, -0.2) is 35.9 Å². The molecule has 0 radical (unpaired) electrons. The van der Waals surface area contributed by atoms with Gasteiger partial charge in [-0.2, -0.15) is 13.2 Å². The van der Waals surface area contributed by atoms with E-state index in [0.29, 0.717) is 11.4 Å². The summed E-state index contributed by atoms with van der Waals surface area (Å²) >= 11 is 0. The van der Waals surface area contributed by atoms with Crippen LogP contribution in [0, 0.1) is 59.3 Å². The third-order valence-electron chi connectivity index (χ3n) is 5.82. The topological polar surface area (TPSA) is 124 Å². The Hall–Kier alpha value is -5.62. The number of benzene rings is 3. The van der Waals surface area contributed by atoms with E-state index in [0.717, 1.165) is 0 Å². The van der Waals surface area contributed by atoms with Crippen molar-refractivity contribution >= 4 is 17.8 Å². The van der Waals surface area contributed by atoms with Crippen LogP contribution in [0.25, 0.3) is 11.4 Å². The quantitative estimate of drug-likeness (QED) is 0.0860. The number of carbonyl (C=O) groups excluding carboxylic acids is 3. The second-order valence-electron chi connectivity index (χ2n) is 9.04. The first-order valence-electron chi connectivity index (χ1n) is 12.3.